The lowest BCUT2D eigenvalue weighted by atomic mass is 9.91. The molecular formula is C14H15ClO2. The highest BCUT2D eigenvalue weighted by Gasteiger charge is 2.23. The van der Waals surface area contributed by atoms with Crippen LogP contribution in [0, 0.1) is 5.92 Å². The molecule has 1 aromatic carbocycles. The second kappa shape index (κ2) is 5.03. The van der Waals surface area contributed by atoms with Crippen LogP contribution < -0.4 is 0 Å². The van der Waals surface area contributed by atoms with E-state index in [-0.39, 0.29) is 5.78 Å². The predicted molar refractivity (Wildman–Crippen MR) is 69.0 cm³/mol. The van der Waals surface area contributed by atoms with Crippen molar-refractivity contribution >= 4 is 23.0 Å². The molecule has 2 rings (SSSR count). The third kappa shape index (κ3) is 2.59. The quantitative estimate of drug-likeness (QED) is 0.753. The van der Waals surface area contributed by atoms with Gasteiger partial charge in [-0.1, -0.05) is 30.7 Å². The van der Waals surface area contributed by atoms with Crippen LogP contribution in [0.2, 0.25) is 5.02 Å². The first-order valence-corrected chi connectivity index (χ1v) is 6.05. The van der Waals surface area contributed by atoms with Gasteiger partial charge in [-0.3, -0.25) is 4.79 Å². The second-order valence-electron chi connectivity index (χ2n) is 4.38. The van der Waals surface area contributed by atoms with E-state index in [1.165, 1.54) is 0 Å². The van der Waals surface area contributed by atoms with Crippen molar-refractivity contribution in [3.63, 3.8) is 0 Å². The first-order valence-electron chi connectivity index (χ1n) is 5.67. The number of carbonyl (C=O) groups excluding carboxylic acids is 1. The molecule has 0 amide bonds. The highest BCUT2D eigenvalue weighted by atomic mass is 35.5. The highest BCUT2D eigenvalue weighted by Crippen LogP contribution is 2.29. The number of hydrogen-bond acceptors (Lipinski definition) is 2. The first-order chi connectivity index (χ1) is 8.09. The molecule has 2 nitrogen and oxygen atoms in total. The molecule has 0 aromatic heterocycles. The van der Waals surface area contributed by atoms with Gasteiger partial charge in [0, 0.05) is 16.5 Å². The van der Waals surface area contributed by atoms with E-state index in [1.54, 1.807) is 19.1 Å². The molecule has 1 atom stereocenters. The zero-order valence-corrected chi connectivity index (χ0v) is 10.8. The summed E-state index contributed by atoms with van der Waals surface area (Å²) < 4.78 is 5.41. The smallest absolute Gasteiger partial charge is 0.160 e. The van der Waals surface area contributed by atoms with Crippen LogP contribution in [0.1, 0.15) is 19.4 Å². The molecule has 0 aliphatic carbocycles. The van der Waals surface area contributed by atoms with Crippen molar-refractivity contribution in [2.24, 2.45) is 5.92 Å². The fraction of sp³-hybridized carbons (Fsp3) is 0.357. The molecule has 0 saturated carbocycles. The van der Waals surface area contributed by atoms with Crippen LogP contribution in [0.15, 0.2) is 29.8 Å². The molecule has 1 aliphatic heterocycles. The minimum Gasteiger partial charge on any atom is -0.376 e. The van der Waals surface area contributed by atoms with Gasteiger partial charge >= 0.3 is 0 Å². The molecule has 0 radical (unpaired) electrons. The van der Waals surface area contributed by atoms with Gasteiger partial charge in [0.2, 0.25) is 0 Å². The van der Waals surface area contributed by atoms with Gasteiger partial charge in [0.05, 0.1) is 13.2 Å². The van der Waals surface area contributed by atoms with E-state index in [4.69, 9.17) is 16.3 Å². The largest absolute Gasteiger partial charge is 0.376 e. The van der Waals surface area contributed by atoms with E-state index in [2.05, 4.69) is 6.92 Å². The van der Waals surface area contributed by atoms with E-state index in [1.807, 2.05) is 12.1 Å². The van der Waals surface area contributed by atoms with E-state index < -0.39 is 0 Å². The Morgan fingerprint density at radius 1 is 1.35 bits per heavy atom. The maximum Gasteiger partial charge on any atom is 0.160 e. The number of ketones is 1. The molecule has 3 heteroatoms. The van der Waals surface area contributed by atoms with Crippen molar-refractivity contribution < 1.29 is 9.53 Å². The minimum atomic E-state index is 0.0830. The number of ether oxygens (including phenoxy) is 1. The Kier molecular flexibility index (Phi) is 3.65. The monoisotopic (exact) mass is 250 g/mol. The summed E-state index contributed by atoms with van der Waals surface area (Å²) in [6.07, 6.45) is 0. The molecule has 0 spiro atoms. The van der Waals surface area contributed by atoms with E-state index in [0.717, 1.165) is 16.7 Å². The topological polar surface area (TPSA) is 26.3 Å². The molecule has 0 N–H and O–H groups in total. The van der Waals surface area contributed by atoms with E-state index in [9.17, 15) is 4.79 Å². The summed E-state index contributed by atoms with van der Waals surface area (Å²) in [6.45, 7) is 4.93. The zero-order chi connectivity index (χ0) is 12.4. The maximum absolute atomic E-state index is 11.8. The number of rotatable bonds is 2. The molecule has 1 aromatic rings. The number of allylic oxidation sites excluding steroid dienone is 1. The normalized spacial score (nSPS) is 22.6. The van der Waals surface area contributed by atoms with Gasteiger partial charge in [0.25, 0.3) is 0 Å². The average Bonchev–Trinajstić information content (AvgIpc) is 2.68. The van der Waals surface area contributed by atoms with Crippen molar-refractivity contribution in [2.45, 2.75) is 13.8 Å². The van der Waals surface area contributed by atoms with Crippen molar-refractivity contribution in [1.82, 2.24) is 0 Å². The maximum atomic E-state index is 11.8. The standard InChI is InChI=1S/C14H15ClO2/c1-9-7-17-8-13(9)14(10(2)16)11-3-5-12(15)6-4-11/h3-6,9H,7-8H2,1-2H3. The lowest BCUT2D eigenvalue weighted by molar-refractivity contribution is -0.111. The summed E-state index contributed by atoms with van der Waals surface area (Å²) in [5.74, 6) is 0.393. The van der Waals surface area contributed by atoms with Crippen LogP contribution in [0.5, 0.6) is 0 Å². The van der Waals surface area contributed by atoms with Gasteiger partial charge in [-0.2, -0.15) is 0 Å². The second-order valence-corrected chi connectivity index (χ2v) is 4.82. The fourth-order valence-electron chi connectivity index (χ4n) is 2.14. The molecule has 1 aliphatic rings. The number of carbonyl (C=O) groups is 1. The summed E-state index contributed by atoms with van der Waals surface area (Å²) >= 11 is 5.86. The summed E-state index contributed by atoms with van der Waals surface area (Å²) in [5, 5.41) is 0.678. The Morgan fingerprint density at radius 3 is 2.47 bits per heavy atom. The molecule has 0 bridgehead atoms. The van der Waals surface area contributed by atoms with E-state index in [0.29, 0.717) is 24.2 Å². The van der Waals surface area contributed by atoms with Crippen LogP contribution >= 0.6 is 11.6 Å². The van der Waals surface area contributed by atoms with Gasteiger partial charge < -0.3 is 4.74 Å². The van der Waals surface area contributed by atoms with Gasteiger partial charge in [0.1, 0.15) is 0 Å². The molecule has 90 valence electrons. The Labute approximate surface area is 106 Å². The van der Waals surface area contributed by atoms with Crippen LogP contribution in [-0.2, 0) is 9.53 Å². The third-order valence-corrected chi connectivity index (χ3v) is 3.28. The van der Waals surface area contributed by atoms with Crippen molar-refractivity contribution in [2.75, 3.05) is 13.2 Å². The summed E-state index contributed by atoms with van der Waals surface area (Å²) in [7, 11) is 0. The zero-order valence-electron chi connectivity index (χ0n) is 10.00. The van der Waals surface area contributed by atoms with Crippen LogP contribution in [0.25, 0.3) is 5.57 Å². The number of halogens is 1. The first kappa shape index (κ1) is 12.3. The van der Waals surface area contributed by atoms with Crippen LogP contribution in [0.4, 0.5) is 0 Å². The van der Waals surface area contributed by atoms with Gasteiger partial charge in [-0.25, -0.2) is 0 Å². The molecule has 17 heavy (non-hydrogen) atoms. The molecule has 1 saturated heterocycles. The number of benzene rings is 1. The molecule has 1 heterocycles. The number of Topliss-reactive ketones (excluding diaryl/α,β-unsaturated/α-hetero) is 1. The summed E-state index contributed by atoms with van der Waals surface area (Å²) in [6, 6.07) is 7.38. The van der Waals surface area contributed by atoms with Gasteiger partial charge in [-0.15, -0.1) is 0 Å². The van der Waals surface area contributed by atoms with Gasteiger partial charge in [-0.05, 0) is 30.2 Å². The SMILES string of the molecule is CC(=O)C(=C1COCC1C)c1ccc(Cl)cc1. The number of hydrogen-bond donors (Lipinski definition) is 0. The Bertz CT molecular complexity index is 460. The Hall–Kier alpha value is -1.12. The molecule has 1 fully saturated rings. The fourth-order valence-corrected chi connectivity index (χ4v) is 2.26. The highest BCUT2D eigenvalue weighted by molar-refractivity contribution is 6.30. The van der Waals surface area contributed by atoms with Crippen LogP contribution in [-0.4, -0.2) is 19.0 Å². The Balaban J connectivity index is 2.49. The minimum absolute atomic E-state index is 0.0830. The molecule has 1 unspecified atom stereocenters. The van der Waals surface area contributed by atoms with E-state index >= 15 is 0 Å². The van der Waals surface area contributed by atoms with Crippen molar-refractivity contribution in [3.8, 4) is 0 Å². The lowest BCUT2D eigenvalue weighted by Crippen LogP contribution is -2.06. The van der Waals surface area contributed by atoms with Crippen molar-refractivity contribution in [3.05, 3.63) is 40.4 Å². The Morgan fingerprint density at radius 2 is 2.00 bits per heavy atom. The summed E-state index contributed by atoms with van der Waals surface area (Å²) in [5.41, 5.74) is 2.81. The van der Waals surface area contributed by atoms with Crippen molar-refractivity contribution in [1.29, 1.82) is 0 Å². The average molecular weight is 251 g/mol. The van der Waals surface area contributed by atoms with Crippen LogP contribution in [0.3, 0.4) is 0 Å². The molecular weight excluding hydrogens is 236 g/mol. The third-order valence-electron chi connectivity index (χ3n) is 3.03. The van der Waals surface area contributed by atoms with Gasteiger partial charge in [0.15, 0.2) is 5.78 Å². The summed E-state index contributed by atoms with van der Waals surface area (Å²) in [4.78, 5) is 11.8. The predicted octanol–water partition coefficient (Wildman–Crippen LogP) is 3.35. The lowest BCUT2D eigenvalue weighted by Gasteiger charge is -2.11.